The zero-order valence-electron chi connectivity index (χ0n) is 8.23. The second-order valence-electron chi connectivity index (χ2n) is 3.36. The van der Waals surface area contributed by atoms with Crippen LogP contribution < -0.4 is 0 Å². The first-order valence-electron chi connectivity index (χ1n) is 4.55. The van der Waals surface area contributed by atoms with Crippen molar-refractivity contribution in [3.8, 4) is 0 Å². The zero-order chi connectivity index (χ0) is 9.84. The normalized spacial score (nSPS) is 10.1. The van der Waals surface area contributed by atoms with Crippen LogP contribution in [0.2, 0.25) is 0 Å². The van der Waals surface area contributed by atoms with E-state index in [9.17, 15) is 4.39 Å². The van der Waals surface area contributed by atoms with Crippen LogP contribution in [0.4, 0.5) is 4.39 Å². The average Bonchev–Trinajstić information content (AvgIpc) is 2.08. The summed E-state index contributed by atoms with van der Waals surface area (Å²) in [5, 5.41) is 0. The highest BCUT2D eigenvalue weighted by molar-refractivity contribution is 5.31. The van der Waals surface area contributed by atoms with Crippen molar-refractivity contribution in [3.63, 3.8) is 0 Å². The molecule has 0 atom stereocenters. The number of aryl methyl sites for hydroxylation is 1. The minimum absolute atomic E-state index is 0.109. The minimum Gasteiger partial charge on any atom is -0.207 e. The van der Waals surface area contributed by atoms with Crippen LogP contribution in [0.5, 0.6) is 0 Å². The molecule has 0 unspecified atom stereocenters. The molecule has 0 N–H and O–H groups in total. The Morgan fingerprint density at radius 1 is 1.46 bits per heavy atom. The Bertz CT molecular complexity index is 313. The van der Waals surface area contributed by atoms with Crippen LogP contribution in [0, 0.1) is 5.82 Å². The third-order valence-electron chi connectivity index (χ3n) is 2.08. The maximum atomic E-state index is 13.4. The Morgan fingerprint density at radius 2 is 2.15 bits per heavy atom. The molecule has 0 saturated carbocycles. The lowest BCUT2D eigenvalue weighted by Gasteiger charge is -2.08. The topological polar surface area (TPSA) is 0 Å². The Labute approximate surface area is 79.1 Å². The average molecular weight is 178 g/mol. The highest BCUT2D eigenvalue weighted by Gasteiger charge is 2.06. The summed E-state index contributed by atoms with van der Waals surface area (Å²) < 4.78 is 13.4. The van der Waals surface area contributed by atoms with Gasteiger partial charge in [0, 0.05) is 0 Å². The van der Waals surface area contributed by atoms with E-state index in [1.54, 1.807) is 6.07 Å². The van der Waals surface area contributed by atoms with E-state index in [4.69, 9.17) is 0 Å². The predicted molar refractivity (Wildman–Crippen MR) is 54.3 cm³/mol. The maximum absolute atomic E-state index is 13.4. The van der Waals surface area contributed by atoms with Gasteiger partial charge in [0.15, 0.2) is 0 Å². The molecule has 0 saturated heterocycles. The molecule has 0 spiro atoms. The van der Waals surface area contributed by atoms with E-state index < -0.39 is 0 Å². The first kappa shape index (κ1) is 9.97. The number of rotatable bonds is 3. The Morgan fingerprint density at radius 3 is 2.69 bits per heavy atom. The molecule has 0 bridgehead atoms. The van der Waals surface area contributed by atoms with Crippen LogP contribution in [0.15, 0.2) is 30.4 Å². The van der Waals surface area contributed by atoms with E-state index in [-0.39, 0.29) is 5.82 Å². The molecule has 0 fully saturated rings. The molecule has 13 heavy (non-hydrogen) atoms. The largest absolute Gasteiger partial charge is 0.207 e. The molecule has 70 valence electrons. The summed E-state index contributed by atoms with van der Waals surface area (Å²) in [6.45, 7) is 7.76. The molecule has 0 aliphatic rings. The van der Waals surface area contributed by atoms with Gasteiger partial charge in [0.2, 0.25) is 0 Å². The van der Waals surface area contributed by atoms with Crippen molar-refractivity contribution < 1.29 is 4.39 Å². The molecule has 0 heterocycles. The van der Waals surface area contributed by atoms with Crippen molar-refractivity contribution in [2.75, 3.05) is 0 Å². The fourth-order valence-corrected chi connectivity index (χ4v) is 1.43. The molecule has 0 nitrogen and oxygen atoms in total. The van der Waals surface area contributed by atoms with Gasteiger partial charge in [-0.1, -0.05) is 31.2 Å². The second kappa shape index (κ2) is 4.22. The molecule has 0 aliphatic carbocycles. The Balaban J connectivity index is 3.07. The molecule has 1 heteroatoms. The Kier molecular flexibility index (Phi) is 3.24. The van der Waals surface area contributed by atoms with E-state index in [0.29, 0.717) is 6.42 Å². The van der Waals surface area contributed by atoms with E-state index in [2.05, 4.69) is 6.58 Å². The van der Waals surface area contributed by atoms with Gasteiger partial charge in [-0.05, 0) is 37.0 Å². The van der Waals surface area contributed by atoms with Crippen LogP contribution in [0.1, 0.15) is 25.0 Å². The zero-order valence-corrected chi connectivity index (χ0v) is 8.23. The van der Waals surface area contributed by atoms with Crippen molar-refractivity contribution >= 4 is 0 Å². The maximum Gasteiger partial charge on any atom is 0.126 e. The van der Waals surface area contributed by atoms with Crippen molar-refractivity contribution in [2.45, 2.75) is 26.7 Å². The first-order valence-corrected chi connectivity index (χ1v) is 4.55. The molecule has 1 rings (SSSR count). The summed E-state index contributed by atoms with van der Waals surface area (Å²) in [6, 6.07) is 5.24. The summed E-state index contributed by atoms with van der Waals surface area (Å²) in [7, 11) is 0. The second-order valence-corrected chi connectivity index (χ2v) is 3.36. The SMILES string of the molecule is C=C(C)Cc1c(F)cccc1CC. The molecule has 0 aliphatic heterocycles. The smallest absolute Gasteiger partial charge is 0.126 e. The lowest BCUT2D eigenvalue weighted by atomic mass is 9.99. The summed E-state index contributed by atoms with van der Waals surface area (Å²) in [4.78, 5) is 0. The van der Waals surface area contributed by atoms with Gasteiger partial charge in [0.1, 0.15) is 5.82 Å². The van der Waals surface area contributed by atoms with Gasteiger partial charge in [-0.15, -0.1) is 0 Å². The van der Waals surface area contributed by atoms with Crippen LogP contribution in [-0.2, 0) is 12.8 Å². The van der Waals surface area contributed by atoms with E-state index >= 15 is 0 Å². The van der Waals surface area contributed by atoms with E-state index in [0.717, 1.165) is 23.1 Å². The quantitative estimate of drug-likeness (QED) is 0.621. The van der Waals surface area contributed by atoms with Gasteiger partial charge in [-0.3, -0.25) is 0 Å². The standard InChI is InChI=1S/C12H15F/c1-4-10-6-5-7-12(13)11(10)8-9(2)3/h5-7H,2,4,8H2,1,3H3. The molecule has 0 amide bonds. The summed E-state index contributed by atoms with van der Waals surface area (Å²) in [6.07, 6.45) is 1.52. The van der Waals surface area contributed by atoms with Crippen LogP contribution in [0.25, 0.3) is 0 Å². The molecule has 1 aromatic carbocycles. The van der Waals surface area contributed by atoms with E-state index in [1.165, 1.54) is 6.07 Å². The summed E-state index contributed by atoms with van der Waals surface area (Å²) in [5.41, 5.74) is 2.89. The number of hydrogen-bond donors (Lipinski definition) is 0. The predicted octanol–water partition coefficient (Wildman–Crippen LogP) is 3.51. The van der Waals surface area contributed by atoms with Gasteiger partial charge >= 0.3 is 0 Å². The van der Waals surface area contributed by atoms with Crippen molar-refractivity contribution in [3.05, 3.63) is 47.3 Å². The minimum atomic E-state index is -0.109. The van der Waals surface area contributed by atoms with Gasteiger partial charge in [-0.2, -0.15) is 0 Å². The van der Waals surface area contributed by atoms with Crippen molar-refractivity contribution in [2.24, 2.45) is 0 Å². The monoisotopic (exact) mass is 178 g/mol. The number of benzene rings is 1. The lowest BCUT2D eigenvalue weighted by molar-refractivity contribution is 0.610. The van der Waals surface area contributed by atoms with Crippen molar-refractivity contribution in [1.82, 2.24) is 0 Å². The van der Waals surface area contributed by atoms with Gasteiger partial charge in [0.05, 0.1) is 0 Å². The van der Waals surface area contributed by atoms with Gasteiger partial charge in [-0.25, -0.2) is 4.39 Å². The molecule has 1 aromatic rings. The number of halogens is 1. The number of allylic oxidation sites excluding steroid dienone is 1. The van der Waals surface area contributed by atoms with Crippen LogP contribution in [-0.4, -0.2) is 0 Å². The Hall–Kier alpha value is -1.11. The summed E-state index contributed by atoms with van der Waals surface area (Å²) >= 11 is 0. The van der Waals surface area contributed by atoms with E-state index in [1.807, 2.05) is 19.9 Å². The summed E-state index contributed by atoms with van der Waals surface area (Å²) in [5.74, 6) is -0.109. The highest BCUT2D eigenvalue weighted by Crippen LogP contribution is 2.17. The first-order chi connectivity index (χ1) is 6.15. The third-order valence-corrected chi connectivity index (χ3v) is 2.08. The van der Waals surface area contributed by atoms with Crippen LogP contribution in [0.3, 0.4) is 0 Å². The van der Waals surface area contributed by atoms with Gasteiger partial charge in [0.25, 0.3) is 0 Å². The fraction of sp³-hybridized carbons (Fsp3) is 0.333. The molecule has 0 radical (unpaired) electrons. The molecular weight excluding hydrogens is 163 g/mol. The third kappa shape index (κ3) is 2.41. The fourth-order valence-electron chi connectivity index (χ4n) is 1.43. The van der Waals surface area contributed by atoms with Crippen molar-refractivity contribution in [1.29, 1.82) is 0 Å². The molecule has 0 aromatic heterocycles. The molecular formula is C12H15F. The van der Waals surface area contributed by atoms with Crippen LogP contribution >= 0.6 is 0 Å². The lowest BCUT2D eigenvalue weighted by Crippen LogP contribution is -1.97. The van der Waals surface area contributed by atoms with Gasteiger partial charge < -0.3 is 0 Å². The number of hydrogen-bond acceptors (Lipinski definition) is 0. The highest BCUT2D eigenvalue weighted by atomic mass is 19.1.